The van der Waals surface area contributed by atoms with Gasteiger partial charge in [0.25, 0.3) is 5.91 Å². The average molecular weight is 361 g/mol. The first-order chi connectivity index (χ1) is 11.3. The third-order valence-corrected chi connectivity index (χ3v) is 4.22. The number of hydrogen-bond acceptors (Lipinski definition) is 6. The Morgan fingerprint density at radius 1 is 1.29 bits per heavy atom. The van der Waals surface area contributed by atoms with Crippen LogP contribution in [0.5, 0.6) is 0 Å². The quantitative estimate of drug-likeness (QED) is 0.136. The maximum atomic E-state index is 11.7. The standard InChI is InChI=1S/C15H16N5O2PS/c16-8-1-2-9(10(23)5-8)20-14(18)11(15(19)22)13(21)12(17)7-3-4-24-6-7/h1-6,17,21H,16,23H2,(H2,18,20)(H2,19,22)/b13-11+,17-12?. The smallest absolute Gasteiger partial charge is 0.256 e. The van der Waals surface area contributed by atoms with E-state index in [2.05, 4.69) is 14.2 Å². The summed E-state index contributed by atoms with van der Waals surface area (Å²) in [6, 6.07) is 6.54. The molecule has 7 nitrogen and oxygen atoms in total. The summed E-state index contributed by atoms with van der Waals surface area (Å²) in [7, 11) is 2.45. The third-order valence-electron chi connectivity index (χ3n) is 3.08. The van der Waals surface area contributed by atoms with E-state index in [4.69, 9.17) is 22.6 Å². The normalized spacial score (nSPS) is 12.6. The van der Waals surface area contributed by atoms with Crippen molar-refractivity contribution < 1.29 is 9.90 Å². The highest BCUT2D eigenvalue weighted by molar-refractivity contribution is 7.28. The molecule has 0 bridgehead atoms. The van der Waals surface area contributed by atoms with Crippen molar-refractivity contribution in [1.29, 1.82) is 5.41 Å². The minimum Gasteiger partial charge on any atom is -0.505 e. The van der Waals surface area contributed by atoms with Crippen LogP contribution >= 0.6 is 20.6 Å². The number of amidine groups is 1. The fraction of sp³-hybridized carbons (Fsp3) is 0. The molecule has 2 aromatic rings. The third kappa shape index (κ3) is 3.79. The fourth-order valence-electron chi connectivity index (χ4n) is 1.89. The zero-order valence-electron chi connectivity index (χ0n) is 12.5. The number of aliphatic imine (C=N–C) groups is 1. The Bertz CT molecular complexity index is 859. The number of nitrogens with two attached hydrogens (primary N) is 3. The van der Waals surface area contributed by atoms with Gasteiger partial charge >= 0.3 is 0 Å². The number of nitrogen functional groups attached to an aromatic ring is 1. The molecule has 0 aliphatic carbocycles. The van der Waals surface area contributed by atoms with Gasteiger partial charge < -0.3 is 22.3 Å². The number of aliphatic hydroxyl groups excluding tert-OH is 1. The summed E-state index contributed by atoms with van der Waals surface area (Å²) in [6.07, 6.45) is 0. The van der Waals surface area contributed by atoms with Crippen LogP contribution < -0.4 is 22.5 Å². The van der Waals surface area contributed by atoms with Gasteiger partial charge in [-0.3, -0.25) is 10.2 Å². The van der Waals surface area contributed by atoms with Gasteiger partial charge in [0.15, 0.2) is 5.76 Å². The van der Waals surface area contributed by atoms with Gasteiger partial charge in [-0.1, -0.05) is 0 Å². The zero-order valence-corrected chi connectivity index (χ0v) is 14.5. The van der Waals surface area contributed by atoms with Crippen molar-refractivity contribution in [2.75, 3.05) is 5.73 Å². The summed E-state index contributed by atoms with van der Waals surface area (Å²) in [4.78, 5) is 15.8. The van der Waals surface area contributed by atoms with Crippen LogP contribution in [0, 0.1) is 5.41 Å². The maximum Gasteiger partial charge on any atom is 0.256 e. The Balaban J connectivity index is 2.50. The molecule has 1 atom stereocenters. The molecular weight excluding hydrogens is 345 g/mol. The first-order valence-corrected chi connectivity index (χ1v) is 8.17. The molecule has 0 saturated carbocycles. The van der Waals surface area contributed by atoms with Gasteiger partial charge in [0.1, 0.15) is 17.1 Å². The molecule has 1 heterocycles. The average Bonchev–Trinajstić information content (AvgIpc) is 3.03. The maximum absolute atomic E-state index is 11.7. The Morgan fingerprint density at radius 3 is 2.54 bits per heavy atom. The lowest BCUT2D eigenvalue weighted by Crippen LogP contribution is -2.30. The van der Waals surface area contributed by atoms with E-state index in [9.17, 15) is 9.90 Å². The van der Waals surface area contributed by atoms with Gasteiger partial charge in [0.2, 0.25) is 0 Å². The molecule has 1 amide bonds. The van der Waals surface area contributed by atoms with Gasteiger partial charge in [-0.15, -0.1) is 9.24 Å². The zero-order chi connectivity index (χ0) is 17.9. The minimum absolute atomic E-state index is 0.258. The number of carbonyl (C=O) groups is 1. The van der Waals surface area contributed by atoms with Crippen LogP contribution in [0.25, 0.3) is 0 Å². The molecule has 0 saturated heterocycles. The van der Waals surface area contributed by atoms with Crippen molar-refractivity contribution in [3.8, 4) is 0 Å². The highest BCUT2D eigenvalue weighted by Crippen LogP contribution is 2.18. The van der Waals surface area contributed by atoms with Gasteiger partial charge in [-0.25, -0.2) is 4.99 Å². The second kappa shape index (κ2) is 7.25. The number of allylic oxidation sites excluding steroid dienone is 1. The van der Waals surface area contributed by atoms with E-state index in [1.807, 2.05) is 0 Å². The van der Waals surface area contributed by atoms with Crippen LogP contribution in [0.4, 0.5) is 11.4 Å². The lowest BCUT2D eigenvalue weighted by Gasteiger charge is -2.09. The van der Waals surface area contributed by atoms with Gasteiger partial charge in [-0.05, 0) is 35.0 Å². The molecular formula is C15H16N5O2PS. The number of rotatable bonds is 5. The van der Waals surface area contributed by atoms with Crippen molar-refractivity contribution in [1.82, 2.24) is 0 Å². The largest absolute Gasteiger partial charge is 0.505 e. The topological polar surface area (TPSA) is 152 Å². The number of anilines is 1. The Morgan fingerprint density at radius 2 is 2.00 bits per heavy atom. The number of amides is 1. The van der Waals surface area contributed by atoms with E-state index in [0.29, 0.717) is 22.2 Å². The molecule has 8 N–H and O–H groups in total. The summed E-state index contributed by atoms with van der Waals surface area (Å²) in [5, 5.41) is 22.3. The second-order valence-electron chi connectivity index (χ2n) is 4.79. The van der Waals surface area contributed by atoms with Crippen molar-refractivity contribution in [3.05, 3.63) is 51.9 Å². The molecule has 0 radical (unpaired) electrons. The summed E-state index contributed by atoms with van der Waals surface area (Å²) in [5.41, 5.74) is 17.6. The predicted molar refractivity (Wildman–Crippen MR) is 101 cm³/mol. The van der Waals surface area contributed by atoms with Crippen molar-refractivity contribution in [2.45, 2.75) is 0 Å². The number of nitrogens with zero attached hydrogens (tertiary/aromatic N) is 1. The van der Waals surface area contributed by atoms with E-state index in [-0.39, 0.29) is 11.5 Å². The van der Waals surface area contributed by atoms with Crippen LogP contribution in [0.2, 0.25) is 0 Å². The highest BCUT2D eigenvalue weighted by Gasteiger charge is 2.21. The van der Waals surface area contributed by atoms with E-state index >= 15 is 0 Å². The van der Waals surface area contributed by atoms with Crippen LogP contribution in [0.3, 0.4) is 0 Å². The monoisotopic (exact) mass is 361 g/mol. The first kappa shape index (κ1) is 17.7. The number of carbonyl (C=O) groups excluding carboxylic acids is 1. The Labute approximate surface area is 144 Å². The van der Waals surface area contributed by atoms with Gasteiger partial charge in [-0.2, -0.15) is 11.3 Å². The second-order valence-corrected chi connectivity index (χ2v) is 6.19. The molecule has 0 spiro atoms. The van der Waals surface area contributed by atoms with Gasteiger partial charge in [0, 0.05) is 16.6 Å². The summed E-state index contributed by atoms with van der Waals surface area (Å²) in [6.45, 7) is 0. The molecule has 1 unspecified atom stereocenters. The predicted octanol–water partition coefficient (Wildman–Crippen LogP) is 1.18. The Kier molecular flexibility index (Phi) is 5.33. The molecule has 0 aliphatic rings. The Hall–Kier alpha value is -2.70. The van der Waals surface area contributed by atoms with E-state index in [0.717, 1.165) is 0 Å². The van der Waals surface area contributed by atoms with Crippen molar-refractivity contribution in [2.24, 2.45) is 16.5 Å². The van der Waals surface area contributed by atoms with Crippen molar-refractivity contribution in [3.63, 3.8) is 0 Å². The summed E-state index contributed by atoms with van der Waals surface area (Å²) >= 11 is 1.35. The number of aliphatic hydroxyl groups is 1. The van der Waals surface area contributed by atoms with Crippen LogP contribution in [0.1, 0.15) is 5.56 Å². The number of thiophene rings is 1. The molecule has 9 heteroatoms. The van der Waals surface area contributed by atoms with Crippen LogP contribution in [-0.2, 0) is 4.79 Å². The summed E-state index contributed by atoms with van der Waals surface area (Å²) in [5.74, 6) is -1.88. The van der Waals surface area contributed by atoms with E-state index in [1.165, 1.54) is 11.3 Å². The lowest BCUT2D eigenvalue weighted by molar-refractivity contribution is -0.114. The number of benzene rings is 1. The molecule has 0 aliphatic heterocycles. The number of primary amides is 1. The van der Waals surface area contributed by atoms with Crippen LogP contribution in [0.15, 0.2) is 51.4 Å². The summed E-state index contributed by atoms with van der Waals surface area (Å²) < 4.78 is 0. The highest BCUT2D eigenvalue weighted by atomic mass is 32.1. The number of hydrogen-bond donors (Lipinski definition) is 5. The lowest BCUT2D eigenvalue weighted by atomic mass is 10.1. The molecule has 24 heavy (non-hydrogen) atoms. The fourth-order valence-corrected chi connectivity index (χ4v) is 2.89. The van der Waals surface area contributed by atoms with E-state index in [1.54, 1.807) is 35.0 Å². The molecule has 2 rings (SSSR count). The molecule has 0 fully saturated rings. The van der Waals surface area contributed by atoms with Crippen molar-refractivity contribution >= 4 is 54.7 Å². The molecule has 1 aromatic heterocycles. The van der Waals surface area contributed by atoms with Crippen LogP contribution in [-0.4, -0.2) is 22.6 Å². The minimum atomic E-state index is -0.977. The molecule has 1 aromatic carbocycles. The number of nitrogens with one attached hydrogen (secondary N) is 1. The first-order valence-electron chi connectivity index (χ1n) is 6.65. The SMILES string of the molecule is N=C(/C(O)=C(\C(N)=O)C(N)=Nc1ccc(N)cc1P)c1ccsc1. The van der Waals surface area contributed by atoms with E-state index < -0.39 is 17.2 Å². The van der Waals surface area contributed by atoms with Gasteiger partial charge in [0.05, 0.1) is 5.69 Å². The molecule has 124 valence electrons.